The quantitative estimate of drug-likeness (QED) is 0.861. The molecule has 5 heteroatoms. The summed E-state index contributed by atoms with van der Waals surface area (Å²) in [5.41, 5.74) is 0. The van der Waals surface area contributed by atoms with Gasteiger partial charge in [-0.15, -0.1) is 0 Å². The number of piperidine rings is 1. The van der Waals surface area contributed by atoms with E-state index >= 15 is 0 Å². The van der Waals surface area contributed by atoms with E-state index in [1.807, 2.05) is 9.80 Å². The van der Waals surface area contributed by atoms with E-state index in [-0.39, 0.29) is 17.9 Å². The minimum Gasteiger partial charge on any atom is -0.481 e. The summed E-state index contributed by atoms with van der Waals surface area (Å²) in [6.45, 7) is 5.95. The van der Waals surface area contributed by atoms with Crippen molar-refractivity contribution in [2.45, 2.75) is 52.0 Å². The van der Waals surface area contributed by atoms with Crippen molar-refractivity contribution in [3.05, 3.63) is 0 Å². The van der Waals surface area contributed by atoms with Crippen LogP contribution in [0.5, 0.6) is 0 Å². The average molecular weight is 282 g/mol. The Morgan fingerprint density at radius 3 is 2.60 bits per heavy atom. The number of carbonyl (C=O) groups is 2. The summed E-state index contributed by atoms with van der Waals surface area (Å²) in [6.07, 6.45) is 5.60. The summed E-state index contributed by atoms with van der Waals surface area (Å²) >= 11 is 0. The first-order chi connectivity index (χ1) is 9.54. The second kappa shape index (κ2) is 6.46. The van der Waals surface area contributed by atoms with Gasteiger partial charge in [-0.2, -0.15) is 0 Å². The van der Waals surface area contributed by atoms with Crippen molar-refractivity contribution in [3.8, 4) is 0 Å². The van der Waals surface area contributed by atoms with Gasteiger partial charge >= 0.3 is 12.0 Å². The number of amides is 2. The molecule has 0 aromatic heterocycles. The number of carboxylic acid groups (broad SMARTS) is 1. The summed E-state index contributed by atoms with van der Waals surface area (Å²) < 4.78 is 0. The van der Waals surface area contributed by atoms with E-state index in [4.69, 9.17) is 5.11 Å². The molecule has 0 spiro atoms. The van der Waals surface area contributed by atoms with Crippen molar-refractivity contribution < 1.29 is 14.7 Å². The van der Waals surface area contributed by atoms with Gasteiger partial charge in [0, 0.05) is 31.6 Å². The number of urea groups is 1. The third-order valence-corrected chi connectivity index (χ3v) is 4.77. The van der Waals surface area contributed by atoms with Gasteiger partial charge in [0.15, 0.2) is 0 Å². The molecule has 2 heterocycles. The van der Waals surface area contributed by atoms with Crippen LogP contribution in [0.4, 0.5) is 4.79 Å². The smallest absolute Gasteiger partial charge is 0.320 e. The monoisotopic (exact) mass is 282 g/mol. The summed E-state index contributed by atoms with van der Waals surface area (Å²) in [5, 5.41) is 8.99. The fourth-order valence-electron chi connectivity index (χ4n) is 3.25. The molecule has 20 heavy (non-hydrogen) atoms. The van der Waals surface area contributed by atoms with E-state index in [0.717, 1.165) is 32.2 Å². The maximum atomic E-state index is 12.5. The highest BCUT2D eigenvalue weighted by atomic mass is 16.4. The summed E-state index contributed by atoms with van der Waals surface area (Å²) in [4.78, 5) is 27.3. The van der Waals surface area contributed by atoms with Crippen molar-refractivity contribution in [2.24, 2.45) is 11.8 Å². The zero-order valence-electron chi connectivity index (χ0n) is 12.5. The lowest BCUT2D eigenvalue weighted by Gasteiger charge is -2.46. The highest BCUT2D eigenvalue weighted by Crippen LogP contribution is 2.28. The van der Waals surface area contributed by atoms with Crippen LogP contribution in [0.15, 0.2) is 0 Å². The molecule has 5 nitrogen and oxygen atoms in total. The van der Waals surface area contributed by atoms with E-state index < -0.39 is 5.97 Å². The minimum atomic E-state index is -0.760. The van der Waals surface area contributed by atoms with E-state index in [0.29, 0.717) is 19.1 Å². The largest absolute Gasteiger partial charge is 0.481 e. The normalized spacial score (nSPS) is 25.2. The van der Waals surface area contributed by atoms with Gasteiger partial charge in [0.1, 0.15) is 0 Å². The van der Waals surface area contributed by atoms with Gasteiger partial charge in [-0.3, -0.25) is 4.79 Å². The predicted octanol–water partition coefficient (Wildman–Crippen LogP) is 2.41. The first kappa shape index (κ1) is 15.1. The maximum absolute atomic E-state index is 12.5. The molecular formula is C15H26N2O3. The Labute approximate surface area is 120 Å². The topological polar surface area (TPSA) is 60.9 Å². The van der Waals surface area contributed by atoms with Crippen molar-refractivity contribution in [2.75, 3.05) is 19.6 Å². The number of rotatable bonds is 4. The van der Waals surface area contributed by atoms with Crippen LogP contribution in [0.3, 0.4) is 0 Å². The molecular weight excluding hydrogens is 256 g/mol. The number of hydrogen-bond donors (Lipinski definition) is 1. The standard InChI is InChI=1S/C15H26N2O3/c1-3-6-13-7-4-5-8-17(13)15(20)16-9-12(10-16)11(2)14(18)19/h11-13H,3-10H2,1-2H3,(H,18,19). The second-order valence-electron chi connectivity index (χ2n) is 6.21. The maximum Gasteiger partial charge on any atom is 0.320 e. The first-order valence-corrected chi connectivity index (χ1v) is 7.83. The fraction of sp³-hybridized carbons (Fsp3) is 0.867. The zero-order valence-corrected chi connectivity index (χ0v) is 12.5. The predicted molar refractivity (Wildman–Crippen MR) is 76.5 cm³/mol. The Balaban J connectivity index is 1.87. The van der Waals surface area contributed by atoms with E-state index in [1.165, 1.54) is 6.42 Å². The van der Waals surface area contributed by atoms with Crippen molar-refractivity contribution in [1.29, 1.82) is 0 Å². The molecule has 2 unspecified atom stereocenters. The fourth-order valence-corrected chi connectivity index (χ4v) is 3.25. The van der Waals surface area contributed by atoms with Crippen molar-refractivity contribution in [3.63, 3.8) is 0 Å². The van der Waals surface area contributed by atoms with Crippen LogP contribution in [-0.2, 0) is 4.79 Å². The third kappa shape index (κ3) is 3.07. The molecule has 2 aliphatic heterocycles. The van der Waals surface area contributed by atoms with Crippen LogP contribution in [0.25, 0.3) is 0 Å². The molecule has 0 aromatic rings. The van der Waals surface area contributed by atoms with Crippen LogP contribution >= 0.6 is 0 Å². The Kier molecular flexibility index (Phi) is 4.89. The number of carboxylic acids is 1. The summed E-state index contributed by atoms with van der Waals surface area (Å²) in [6, 6.07) is 0.509. The van der Waals surface area contributed by atoms with Gasteiger partial charge in [0.25, 0.3) is 0 Å². The van der Waals surface area contributed by atoms with Crippen LogP contribution in [0.1, 0.15) is 46.0 Å². The number of carbonyl (C=O) groups excluding carboxylic acids is 1. The first-order valence-electron chi connectivity index (χ1n) is 7.83. The van der Waals surface area contributed by atoms with Crippen LogP contribution < -0.4 is 0 Å². The van der Waals surface area contributed by atoms with Gasteiger partial charge in [-0.05, 0) is 25.7 Å². The van der Waals surface area contributed by atoms with Crippen molar-refractivity contribution in [1.82, 2.24) is 9.80 Å². The van der Waals surface area contributed by atoms with E-state index in [9.17, 15) is 9.59 Å². The molecule has 2 rings (SSSR count). The molecule has 2 saturated heterocycles. The van der Waals surface area contributed by atoms with Gasteiger partial charge in [0.2, 0.25) is 0 Å². The number of nitrogens with zero attached hydrogens (tertiary/aromatic N) is 2. The zero-order chi connectivity index (χ0) is 14.7. The van der Waals surface area contributed by atoms with Gasteiger partial charge < -0.3 is 14.9 Å². The molecule has 0 saturated carbocycles. The minimum absolute atomic E-state index is 0.117. The number of hydrogen-bond acceptors (Lipinski definition) is 2. The SMILES string of the molecule is CCCC1CCCCN1C(=O)N1CC(C(C)C(=O)O)C1. The highest BCUT2D eigenvalue weighted by molar-refractivity contribution is 5.77. The molecule has 0 aliphatic carbocycles. The number of likely N-dealkylation sites (tertiary alicyclic amines) is 2. The summed E-state index contributed by atoms with van der Waals surface area (Å²) in [5.74, 6) is -0.998. The highest BCUT2D eigenvalue weighted by Gasteiger charge is 2.40. The molecule has 0 bridgehead atoms. The van der Waals surface area contributed by atoms with E-state index in [2.05, 4.69) is 6.92 Å². The molecule has 114 valence electrons. The molecule has 2 amide bonds. The lowest BCUT2D eigenvalue weighted by atomic mass is 9.87. The van der Waals surface area contributed by atoms with Crippen LogP contribution in [0, 0.1) is 11.8 Å². The molecule has 0 aromatic carbocycles. The lowest BCUT2D eigenvalue weighted by Crippen LogP contribution is -2.59. The third-order valence-electron chi connectivity index (χ3n) is 4.77. The Bertz CT molecular complexity index is 364. The van der Waals surface area contributed by atoms with Crippen LogP contribution in [-0.4, -0.2) is 52.6 Å². The second-order valence-corrected chi connectivity index (χ2v) is 6.21. The molecule has 2 fully saturated rings. The average Bonchev–Trinajstić information content (AvgIpc) is 2.37. The van der Waals surface area contributed by atoms with Crippen molar-refractivity contribution >= 4 is 12.0 Å². The van der Waals surface area contributed by atoms with Gasteiger partial charge in [-0.1, -0.05) is 20.3 Å². The molecule has 2 aliphatic rings. The Morgan fingerprint density at radius 2 is 2.00 bits per heavy atom. The molecule has 2 atom stereocenters. The lowest BCUT2D eigenvalue weighted by molar-refractivity contribution is -0.145. The Hall–Kier alpha value is -1.26. The molecule has 1 N–H and O–H groups in total. The van der Waals surface area contributed by atoms with Gasteiger partial charge in [0.05, 0.1) is 5.92 Å². The number of aliphatic carboxylic acids is 1. The summed E-state index contributed by atoms with van der Waals surface area (Å²) in [7, 11) is 0. The van der Waals surface area contributed by atoms with Crippen LogP contribution in [0.2, 0.25) is 0 Å². The Morgan fingerprint density at radius 1 is 1.30 bits per heavy atom. The van der Waals surface area contributed by atoms with Gasteiger partial charge in [-0.25, -0.2) is 4.79 Å². The molecule has 0 radical (unpaired) electrons. The van der Waals surface area contributed by atoms with E-state index in [1.54, 1.807) is 6.92 Å².